The van der Waals surface area contributed by atoms with E-state index in [9.17, 15) is 4.39 Å². The van der Waals surface area contributed by atoms with Crippen molar-refractivity contribution >= 4 is 11.6 Å². The molecular weight excluding hydrogens is 273 g/mol. The van der Waals surface area contributed by atoms with Crippen molar-refractivity contribution in [1.29, 1.82) is 0 Å². The topological polar surface area (TPSA) is 74.2 Å². The van der Waals surface area contributed by atoms with Crippen molar-refractivity contribution in [2.75, 3.05) is 0 Å². The van der Waals surface area contributed by atoms with Gasteiger partial charge in [-0.3, -0.25) is 0 Å². The van der Waals surface area contributed by atoms with Crippen molar-refractivity contribution < 1.29 is 13.7 Å². The fraction of sp³-hybridized carbons (Fsp3) is 0.333. The van der Waals surface area contributed by atoms with Gasteiger partial charge in [-0.2, -0.15) is 4.98 Å². The molecule has 1 aromatic carbocycles. The summed E-state index contributed by atoms with van der Waals surface area (Å²) in [6, 6.07) is 4.28. The summed E-state index contributed by atoms with van der Waals surface area (Å²) in [5.41, 5.74) is 5.11. The van der Waals surface area contributed by atoms with E-state index in [1.54, 1.807) is 13.8 Å². The van der Waals surface area contributed by atoms with Gasteiger partial charge in [-0.25, -0.2) is 4.39 Å². The maximum absolute atomic E-state index is 13.5. The summed E-state index contributed by atoms with van der Waals surface area (Å²) in [6.07, 6.45) is 0. The second-order valence-corrected chi connectivity index (χ2v) is 4.98. The Morgan fingerprint density at radius 2 is 2.21 bits per heavy atom. The first kappa shape index (κ1) is 13.8. The van der Waals surface area contributed by atoms with E-state index in [4.69, 9.17) is 26.6 Å². The molecule has 1 aromatic heterocycles. The number of para-hydroxylation sites is 1. The normalized spacial score (nSPS) is 11.6. The number of benzene rings is 1. The van der Waals surface area contributed by atoms with Crippen LogP contribution in [0.25, 0.3) is 0 Å². The zero-order valence-electron chi connectivity index (χ0n) is 10.5. The van der Waals surface area contributed by atoms with E-state index in [0.29, 0.717) is 5.82 Å². The molecule has 2 N–H and O–H groups in total. The van der Waals surface area contributed by atoms with Gasteiger partial charge in [-0.05, 0) is 26.0 Å². The summed E-state index contributed by atoms with van der Waals surface area (Å²) in [5, 5.41) is 3.91. The molecule has 0 atom stereocenters. The monoisotopic (exact) mass is 285 g/mol. The smallest absolute Gasteiger partial charge is 0.264 e. The molecule has 2 rings (SSSR count). The Morgan fingerprint density at radius 1 is 1.47 bits per heavy atom. The molecule has 1 heterocycles. The molecule has 0 unspecified atom stereocenters. The van der Waals surface area contributed by atoms with Crippen LogP contribution in [0.15, 0.2) is 22.7 Å². The van der Waals surface area contributed by atoms with Crippen molar-refractivity contribution in [3.8, 4) is 5.75 Å². The van der Waals surface area contributed by atoms with Crippen molar-refractivity contribution in [1.82, 2.24) is 10.1 Å². The Balaban J connectivity index is 2.09. The maximum Gasteiger partial charge on any atom is 0.264 e. The van der Waals surface area contributed by atoms with Crippen LogP contribution in [0.4, 0.5) is 4.39 Å². The predicted molar refractivity (Wildman–Crippen MR) is 67.3 cm³/mol. The molecule has 2 aromatic rings. The number of rotatable bonds is 4. The van der Waals surface area contributed by atoms with Crippen molar-refractivity contribution in [3.05, 3.63) is 40.8 Å². The Labute approximate surface area is 114 Å². The average molecular weight is 286 g/mol. The van der Waals surface area contributed by atoms with Gasteiger partial charge in [0.15, 0.2) is 24.0 Å². The molecule has 0 aliphatic carbocycles. The Kier molecular flexibility index (Phi) is 3.73. The molecule has 0 spiro atoms. The van der Waals surface area contributed by atoms with Gasteiger partial charge in [0.1, 0.15) is 0 Å². The van der Waals surface area contributed by atoms with Crippen LogP contribution in [0.2, 0.25) is 5.02 Å². The molecule has 0 fully saturated rings. The molecule has 5 nitrogen and oxygen atoms in total. The molecule has 0 aliphatic rings. The minimum Gasteiger partial charge on any atom is -0.479 e. The molecule has 0 saturated carbocycles. The number of halogens is 2. The molecule has 7 heteroatoms. The van der Waals surface area contributed by atoms with Crippen LogP contribution in [0.5, 0.6) is 5.75 Å². The van der Waals surface area contributed by atoms with E-state index in [-0.39, 0.29) is 23.3 Å². The van der Waals surface area contributed by atoms with E-state index in [1.807, 2.05) is 0 Å². The highest BCUT2D eigenvalue weighted by atomic mass is 35.5. The van der Waals surface area contributed by atoms with Crippen LogP contribution >= 0.6 is 11.6 Å². The third-order valence-corrected chi connectivity index (χ3v) is 2.60. The first-order chi connectivity index (χ1) is 8.88. The van der Waals surface area contributed by atoms with E-state index < -0.39 is 11.4 Å². The Hall–Kier alpha value is -1.66. The summed E-state index contributed by atoms with van der Waals surface area (Å²) in [7, 11) is 0. The highest BCUT2D eigenvalue weighted by molar-refractivity contribution is 6.32. The van der Waals surface area contributed by atoms with E-state index in [2.05, 4.69) is 10.1 Å². The lowest BCUT2D eigenvalue weighted by atomic mass is 10.1. The van der Waals surface area contributed by atoms with Crippen molar-refractivity contribution in [2.24, 2.45) is 5.73 Å². The number of hydrogen-bond donors (Lipinski definition) is 1. The molecule has 0 bridgehead atoms. The van der Waals surface area contributed by atoms with Gasteiger partial charge in [0.05, 0.1) is 10.6 Å². The third kappa shape index (κ3) is 3.21. The minimum absolute atomic E-state index is 0.0454. The van der Waals surface area contributed by atoms with Crippen molar-refractivity contribution in [3.63, 3.8) is 0 Å². The minimum atomic E-state index is -0.711. The number of nitrogens with zero attached hydrogens (tertiary/aromatic N) is 2. The number of nitrogens with two attached hydrogens (primary N) is 1. The second kappa shape index (κ2) is 5.14. The third-order valence-electron chi connectivity index (χ3n) is 2.30. The first-order valence-corrected chi connectivity index (χ1v) is 5.94. The quantitative estimate of drug-likeness (QED) is 0.935. The zero-order valence-corrected chi connectivity index (χ0v) is 11.2. The zero-order chi connectivity index (χ0) is 14.0. The number of ether oxygens (including phenoxy) is 1. The van der Waals surface area contributed by atoms with Gasteiger partial charge < -0.3 is 15.0 Å². The Bertz CT molecular complexity index is 560. The second-order valence-electron chi connectivity index (χ2n) is 4.57. The van der Waals surface area contributed by atoms with Gasteiger partial charge in [-0.1, -0.05) is 22.8 Å². The highest BCUT2D eigenvalue weighted by Crippen LogP contribution is 2.27. The van der Waals surface area contributed by atoms with E-state index >= 15 is 0 Å². The molecule has 0 aliphatic heterocycles. The lowest BCUT2D eigenvalue weighted by Crippen LogP contribution is -2.30. The number of aromatic nitrogens is 2. The highest BCUT2D eigenvalue weighted by Gasteiger charge is 2.21. The van der Waals surface area contributed by atoms with Crippen LogP contribution in [0, 0.1) is 5.82 Å². The lowest BCUT2D eigenvalue weighted by molar-refractivity contribution is 0.233. The largest absolute Gasteiger partial charge is 0.479 e. The molecular formula is C12H13ClFN3O2. The van der Waals surface area contributed by atoms with Crippen LogP contribution in [-0.4, -0.2) is 10.1 Å². The molecule has 19 heavy (non-hydrogen) atoms. The number of hydrogen-bond acceptors (Lipinski definition) is 5. The standard InChI is InChI=1S/C12H13ClFN3O2/c1-12(2,15)11-16-9(19-17-11)6-18-10-7(13)4-3-5-8(10)14/h3-5H,6,15H2,1-2H3. The van der Waals surface area contributed by atoms with Crippen LogP contribution in [0.1, 0.15) is 25.6 Å². The van der Waals surface area contributed by atoms with Gasteiger partial charge in [0, 0.05) is 0 Å². The van der Waals surface area contributed by atoms with Crippen molar-refractivity contribution in [2.45, 2.75) is 26.0 Å². The van der Waals surface area contributed by atoms with E-state index in [0.717, 1.165) is 0 Å². The van der Waals surface area contributed by atoms with Gasteiger partial charge in [0.2, 0.25) is 0 Å². The van der Waals surface area contributed by atoms with Crippen LogP contribution in [-0.2, 0) is 12.1 Å². The molecule has 0 saturated heterocycles. The molecule has 0 amide bonds. The predicted octanol–water partition coefficient (Wildman–Crippen LogP) is 2.63. The summed E-state index contributed by atoms with van der Waals surface area (Å²) in [6.45, 7) is 3.41. The summed E-state index contributed by atoms with van der Waals surface area (Å²) in [5.74, 6) is -0.0408. The Morgan fingerprint density at radius 3 is 2.79 bits per heavy atom. The van der Waals surface area contributed by atoms with Gasteiger partial charge >= 0.3 is 0 Å². The summed E-state index contributed by atoms with van der Waals surface area (Å²) >= 11 is 5.82. The van der Waals surface area contributed by atoms with Gasteiger partial charge in [-0.15, -0.1) is 0 Å². The van der Waals surface area contributed by atoms with Gasteiger partial charge in [0.25, 0.3) is 5.89 Å². The fourth-order valence-corrected chi connectivity index (χ4v) is 1.55. The summed E-state index contributed by atoms with van der Waals surface area (Å²) < 4.78 is 23.6. The van der Waals surface area contributed by atoms with Crippen LogP contribution < -0.4 is 10.5 Å². The van der Waals surface area contributed by atoms with Crippen LogP contribution in [0.3, 0.4) is 0 Å². The first-order valence-electron chi connectivity index (χ1n) is 5.56. The lowest BCUT2D eigenvalue weighted by Gasteiger charge is -2.11. The SMILES string of the molecule is CC(C)(N)c1noc(COc2c(F)cccc2Cl)n1. The molecule has 0 radical (unpaired) electrons. The average Bonchev–Trinajstić information content (AvgIpc) is 2.77. The fourth-order valence-electron chi connectivity index (χ4n) is 1.33. The maximum atomic E-state index is 13.5. The molecule has 102 valence electrons. The van der Waals surface area contributed by atoms with E-state index in [1.165, 1.54) is 18.2 Å². The summed E-state index contributed by atoms with van der Waals surface area (Å²) in [4.78, 5) is 4.06.